The van der Waals surface area contributed by atoms with E-state index < -0.39 is 5.60 Å². The Labute approximate surface area is 187 Å². The van der Waals surface area contributed by atoms with Gasteiger partial charge in [0.2, 0.25) is 0 Å². The molecular formula is C30H34O. The van der Waals surface area contributed by atoms with Crippen molar-refractivity contribution in [1.29, 1.82) is 0 Å². The van der Waals surface area contributed by atoms with Crippen LogP contribution in [0.2, 0.25) is 0 Å². The number of hydrogen-bond acceptors (Lipinski definition) is 1. The Morgan fingerprint density at radius 3 is 1.52 bits per heavy atom. The van der Waals surface area contributed by atoms with Gasteiger partial charge in [0.1, 0.15) is 5.60 Å². The van der Waals surface area contributed by atoms with E-state index in [9.17, 15) is 0 Å². The molecule has 0 saturated heterocycles. The standard InChI is InChI=1S/C30H34O/c1-2-29(24-25-16-8-3-4-9-17-25)31-30(26-18-10-5-11-19-26,27-20-12-6-13-21-27)28-22-14-7-15-23-28/h2,5-7,10-15,18-23,25,29H,1,3-4,8-9,16-17,24H2. The molecule has 0 bridgehead atoms. The highest BCUT2D eigenvalue weighted by Crippen LogP contribution is 2.42. The van der Waals surface area contributed by atoms with E-state index in [1.54, 1.807) is 0 Å². The normalized spacial score (nSPS) is 16.4. The zero-order valence-corrected chi connectivity index (χ0v) is 18.5. The van der Waals surface area contributed by atoms with Crippen LogP contribution in [0.5, 0.6) is 0 Å². The Hall–Kier alpha value is -2.64. The highest BCUT2D eigenvalue weighted by Gasteiger charge is 2.39. The minimum atomic E-state index is -0.673. The maximum absolute atomic E-state index is 7.17. The van der Waals surface area contributed by atoms with Crippen LogP contribution >= 0.6 is 0 Å². The first-order chi connectivity index (χ1) is 15.3. The van der Waals surface area contributed by atoms with E-state index in [4.69, 9.17) is 4.74 Å². The van der Waals surface area contributed by atoms with E-state index in [1.807, 2.05) is 6.08 Å². The smallest absolute Gasteiger partial charge is 0.144 e. The number of hydrogen-bond donors (Lipinski definition) is 0. The molecule has 0 amide bonds. The Bertz CT molecular complexity index is 812. The van der Waals surface area contributed by atoms with Crippen LogP contribution in [-0.2, 0) is 10.3 Å². The average molecular weight is 411 g/mol. The van der Waals surface area contributed by atoms with Gasteiger partial charge in [-0.2, -0.15) is 0 Å². The van der Waals surface area contributed by atoms with Gasteiger partial charge >= 0.3 is 0 Å². The first-order valence-corrected chi connectivity index (χ1v) is 11.8. The first-order valence-electron chi connectivity index (χ1n) is 11.8. The monoisotopic (exact) mass is 410 g/mol. The van der Waals surface area contributed by atoms with Gasteiger partial charge in [-0.1, -0.05) is 136 Å². The summed E-state index contributed by atoms with van der Waals surface area (Å²) in [4.78, 5) is 0. The van der Waals surface area contributed by atoms with Crippen molar-refractivity contribution in [3.63, 3.8) is 0 Å². The molecule has 0 heterocycles. The Balaban J connectivity index is 1.78. The van der Waals surface area contributed by atoms with E-state index in [2.05, 4.69) is 97.6 Å². The molecule has 0 N–H and O–H groups in total. The molecule has 1 aliphatic carbocycles. The molecule has 4 rings (SSSR count). The first kappa shape index (κ1) is 21.6. The molecule has 160 valence electrons. The maximum Gasteiger partial charge on any atom is 0.144 e. The van der Waals surface area contributed by atoms with Crippen LogP contribution in [0.1, 0.15) is 61.6 Å². The zero-order chi connectivity index (χ0) is 21.4. The molecule has 0 radical (unpaired) electrons. The van der Waals surface area contributed by atoms with Gasteiger partial charge < -0.3 is 4.74 Å². The van der Waals surface area contributed by atoms with E-state index in [-0.39, 0.29) is 6.10 Å². The van der Waals surface area contributed by atoms with Crippen molar-refractivity contribution in [1.82, 2.24) is 0 Å². The van der Waals surface area contributed by atoms with Crippen molar-refractivity contribution in [2.45, 2.75) is 56.7 Å². The van der Waals surface area contributed by atoms with Gasteiger partial charge in [-0.3, -0.25) is 0 Å². The van der Waals surface area contributed by atoms with Crippen LogP contribution in [-0.4, -0.2) is 6.10 Å². The Kier molecular flexibility index (Phi) is 7.38. The van der Waals surface area contributed by atoms with E-state index >= 15 is 0 Å². The fourth-order valence-corrected chi connectivity index (χ4v) is 5.07. The average Bonchev–Trinajstić information content (AvgIpc) is 3.12. The third-order valence-corrected chi connectivity index (χ3v) is 6.67. The van der Waals surface area contributed by atoms with Crippen molar-refractivity contribution < 1.29 is 4.74 Å². The topological polar surface area (TPSA) is 9.23 Å². The molecule has 0 aliphatic heterocycles. The summed E-state index contributed by atoms with van der Waals surface area (Å²) in [7, 11) is 0. The summed E-state index contributed by atoms with van der Waals surface area (Å²) in [5.41, 5.74) is 2.79. The predicted octanol–water partition coefficient (Wildman–Crippen LogP) is 7.91. The summed E-state index contributed by atoms with van der Waals surface area (Å²) in [6, 6.07) is 32.0. The predicted molar refractivity (Wildman–Crippen MR) is 130 cm³/mol. The fraction of sp³-hybridized carbons (Fsp3) is 0.333. The molecule has 3 aromatic carbocycles. The molecule has 1 aliphatic rings. The highest BCUT2D eigenvalue weighted by molar-refractivity contribution is 5.47. The number of benzene rings is 3. The second kappa shape index (κ2) is 10.6. The third-order valence-electron chi connectivity index (χ3n) is 6.67. The molecule has 1 saturated carbocycles. The lowest BCUT2D eigenvalue weighted by Gasteiger charge is -2.39. The van der Waals surface area contributed by atoms with Crippen molar-refractivity contribution >= 4 is 0 Å². The third kappa shape index (κ3) is 4.99. The summed E-state index contributed by atoms with van der Waals surface area (Å²) in [6.07, 6.45) is 11.1. The van der Waals surface area contributed by atoms with Gasteiger partial charge in [-0.15, -0.1) is 6.58 Å². The molecule has 31 heavy (non-hydrogen) atoms. The van der Waals surface area contributed by atoms with Crippen molar-refractivity contribution in [3.8, 4) is 0 Å². The number of ether oxygens (including phenoxy) is 1. The van der Waals surface area contributed by atoms with Gasteiger partial charge in [0, 0.05) is 0 Å². The molecule has 1 fully saturated rings. The van der Waals surface area contributed by atoms with Crippen molar-refractivity contribution in [2.24, 2.45) is 5.92 Å². The van der Waals surface area contributed by atoms with Gasteiger partial charge in [0.05, 0.1) is 6.10 Å². The lowest BCUT2D eigenvalue weighted by atomic mass is 9.79. The van der Waals surface area contributed by atoms with Gasteiger partial charge in [-0.25, -0.2) is 0 Å². The lowest BCUT2D eigenvalue weighted by molar-refractivity contribution is -0.0347. The van der Waals surface area contributed by atoms with Crippen LogP contribution in [0, 0.1) is 5.92 Å². The van der Waals surface area contributed by atoms with Crippen LogP contribution < -0.4 is 0 Å². The minimum absolute atomic E-state index is 0.0104. The second-order valence-corrected chi connectivity index (χ2v) is 8.76. The summed E-state index contributed by atoms with van der Waals surface area (Å²) in [6.45, 7) is 4.19. The lowest BCUT2D eigenvalue weighted by Crippen LogP contribution is -2.37. The Morgan fingerprint density at radius 2 is 1.13 bits per heavy atom. The molecule has 1 nitrogen and oxygen atoms in total. The molecule has 1 unspecified atom stereocenters. The largest absolute Gasteiger partial charge is 0.354 e. The van der Waals surface area contributed by atoms with Crippen molar-refractivity contribution in [2.75, 3.05) is 0 Å². The summed E-state index contributed by atoms with van der Waals surface area (Å²) in [5, 5.41) is 0. The highest BCUT2D eigenvalue weighted by atomic mass is 16.5. The Morgan fingerprint density at radius 1 is 0.710 bits per heavy atom. The van der Waals surface area contributed by atoms with Gasteiger partial charge in [0.25, 0.3) is 0 Å². The molecule has 1 heteroatoms. The molecular weight excluding hydrogens is 376 g/mol. The van der Waals surface area contributed by atoms with E-state index in [1.165, 1.54) is 38.5 Å². The quantitative estimate of drug-likeness (QED) is 0.208. The second-order valence-electron chi connectivity index (χ2n) is 8.76. The summed E-state index contributed by atoms with van der Waals surface area (Å²) >= 11 is 0. The summed E-state index contributed by atoms with van der Waals surface area (Å²) in [5.74, 6) is 0.713. The maximum atomic E-state index is 7.17. The van der Waals surface area contributed by atoms with Crippen LogP contribution in [0.4, 0.5) is 0 Å². The van der Waals surface area contributed by atoms with Crippen LogP contribution in [0.3, 0.4) is 0 Å². The number of rotatable bonds is 8. The zero-order valence-electron chi connectivity index (χ0n) is 18.5. The van der Waals surface area contributed by atoms with Gasteiger partial charge in [0.15, 0.2) is 0 Å². The molecule has 0 spiro atoms. The molecule has 1 atom stereocenters. The van der Waals surface area contributed by atoms with E-state index in [0.29, 0.717) is 5.92 Å². The van der Waals surface area contributed by atoms with Crippen LogP contribution in [0.15, 0.2) is 104 Å². The molecule has 3 aromatic rings. The van der Waals surface area contributed by atoms with Gasteiger partial charge in [-0.05, 0) is 29.0 Å². The minimum Gasteiger partial charge on any atom is -0.354 e. The van der Waals surface area contributed by atoms with Crippen LogP contribution in [0.25, 0.3) is 0 Å². The fourth-order valence-electron chi connectivity index (χ4n) is 5.07. The SMILES string of the molecule is C=CC(CC1CCCCCC1)OC(c1ccccc1)(c1ccccc1)c1ccccc1. The summed E-state index contributed by atoms with van der Waals surface area (Å²) < 4.78 is 7.17. The van der Waals surface area contributed by atoms with E-state index in [0.717, 1.165) is 23.1 Å². The van der Waals surface area contributed by atoms with Crippen molar-refractivity contribution in [3.05, 3.63) is 120 Å². The molecule has 0 aromatic heterocycles.